The molecule has 4 heterocycles. The molecule has 2 saturated heterocycles. The Morgan fingerprint density at radius 3 is 2.43 bits per heavy atom. The Balaban J connectivity index is 1.16. The van der Waals surface area contributed by atoms with Crippen LogP contribution in [0.25, 0.3) is 11.6 Å². The molecule has 0 saturated carbocycles. The predicted molar refractivity (Wildman–Crippen MR) is 163 cm³/mol. The smallest absolute Gasteiger partial charge is 0.305 e. The van der Waals surface area contributed by atoms with Crippen LogP contribution in [0.1, 0.15) is 49.5 Å². The van der Waals surface area contributed by atoms with Crippen LogP contribution in [0.15, 0.2) is 53.2 Å². The highest BCUT2D eigenvalue weighted by atomic mass is 32.1. The average molecular weight is 589 g/mol. The fourth-order valence-corrected chi connectivity index (χ4v) is 5.47. The van der Waals surface area contributed by atoms with Crippen LogP contribution in [-0.4, -0.2) is 86.6 Å². The summed E-state index contributed by atoms with van der Waals surface area (Å²) in [6, 6.07) is 11.7. The summed E-state index contributed by atoms with van der Waals surface area (Å²) in [5.41, 5.74) is 3.38. The number of piperidine rings is 1. The van der Waals surface area contributed by atoms with Gasteiger partial charge in [0.2, 0.25) is 11.8 Å². The number of hydrogen-bond acceptors (Lipinski definition) is 9. The first-order chi connectivity index (χ1) is 20.4. The van der Waals surface area contributed by atoms with Crippen molar-refractivity contribution in [1.82, 2.24) is 24.3 Å². The summed E-state index contributed by atoms with van der Waals surface area (Å²) in [4.78, 5) is 36.5. The van der Waals surface area contributed by atoms with Gasteiger partial charge in [-0.3, -0.25) is 14.6 Å². The molecule has 0 radical (unpaired) electrons. The molecule has 2 fully saturated rings. The summed E-state index contributed by atoms with van der Waals surface area (Å²) in [5.74, 6) is 6.58. The maximum Gasteiger partial charge on any atom is 0.305 e. The predicted octanol–water partition coefficient (Wildman–Crippen LogP) is 3.74. The Bertz CT molecular complexity index is 1440. The van der Waals surface area contributed by atoms with Crippen LogP contribution in [0.2, 0.25) is 0 Å². The molecule has 1 N–H and O–H groups in total. The Morgan fingerprint density at radius 2 is 1.71 bits per heavy atom. The lowest BCUT2D eigenvalue weighted by atomic mass is 10.1. The van der Waals surface area contributed by atoms with Crippen LogP contribution in [0.4, 0.5) is 5.69 Å². The lowest BCUT2D eigenvalue weighted by Crippen LogP contribution is -2.53. The molecule has 1 aromatic carbocycles. The highest BCUT2D eigenvalue weighted by Crippen LogP contribution is 2.21. The summed E-state index contributed by atoms with van der Waals surface area (Å²) in [6.45, 7) is 6.65. The van der Waals surface area contributed by atoms with Gasteiger partial charge in [-0.2, -0.15) is 4.41 Å². The molecule has 5 rings (SSSR count). The van der Waals surface area contributed by atoms with Gasteiger partial charge in [0.15, 0.2) is 0 Å². The third kappa shape index (κ3) is 7.70. The van der Waals surface area contributed by atoms with E-state index in [-0.39, 0.29) is 24.8 Å². The zero-order chi connectivity index (χ0) is 29.5. The van der Waals surface area contributed by atoms with E-state index >= 15 is 0 Å². The van der Waals surface area contributed by atoms with Crippen molar-refractivity contribution in [3.05, 3.63) is 65.7 Å². The molecule has 0 bridgehead atoms. The molecule has 42 heavy (non-hydrogen) atoms. The van der Waals surface area contributed by atoms with Crippen LogP contribution in [0, 0.1) is 11.8 Å². The zero-order valence-corrected chi connectivity index (χ0v) is 24.7. The van der Waals surface area contributed by atoms with Crippen molar-refractivity contribution >= 4 is 30.4 Å². The molecule has 3 aromatic rings. The Morgan fingerprint density at radius 1 is 1.00 bits per heavy atom. The first-order valence-electron chi connectivity index (χ1n) is 14.4. The molecule has 2 aliphatic heterocycles. The number of amides is 1. The largest absolute Gasteiger partial charge is 0.481 e. The molecule has 1 atom stereocenters. The number of aliphatic carboxylic acids is 1. The Labute approximate surface area is 251 Å². The van der Waals surface area contributed by atoms with E-state index in [0.717, 1.165) is 68.9 Å². The molecule has 0 spiro atoms. The summed E-state index contributed by atoms with van der Waals surface area (Å²) in [7, 11) is 0. The van der Waals surface area contributed by atoms with Crippen molar-refractivity contribution in [2.45, 2.75) is 45.1 Å². The summed E-state index contributed by atoms with van der Waals surface area (Å²) < 4.78 is 7.60. The molecule has 1 amide bonds. The lowest BCUT2D eigenvalue weighted by molar-refractivity contribution is -0.139. The van der Waals surface area contributed by atoms with Gasteiger partial charge in [0.1, 0.15) is 11.5 Å². The minimum Gasteiger partial charge on any atom is -0.481 e. The summed E-state index contributed by atoms with van der Waals surface area (Å²) >= 11 is 4.52. The van der Waals surface area contributed by atoms with Gasteiger partial charge < -0.3 is 19.3 Å². The number of carboxylic acids is 1. The number of aromatic nitrogens is 2. The van der Waals surface area contributed by atoms with Gasteiger partial charge in [-0.1, -0.05) is 24.7 Å². The van der Waals surface area contributed by atoms with E-state index in [0.29, 0.717) is 17.3 Å². The highest BCUT2D eigenvalue weighted by molar-refractivity contribution is 7.77. The first-order valence-corrected chi connectivity index (χ1v) is 14.8. The molecular weight excluding hydrogens is 552 g/mol. The standard InChI is InChI=1S/C31H36N6O4S/c1-23(19-30(39)40)37(42)36-17-15-34(16-18-36)26-9-7-24(8-10-26)5-6-25-11-12-32-28(20-25)31-33-22-27(41-31)21-29(38)35-13-3-2-4-14-35/h7-12,20,22-23,42H,2-4,13-19,21H2,1H3,(H,39,40)/t23-/m1/s1. The average Bonchev–Trinajstić information content (AvgIpc) is 3.49. The molecule has 2 aromatic heterocycles. The van der Waals surface area contributed by atoms with Crippen LogP contribution in [0.5, 0.6) is 0 Å². The fraction of sp³-hybridized carbons (Fsp3) is 0.419. The van der Waals surface area contributed by atoms with Crippen LogP contribution >= 0.6 is 12.8 Å². The molecule has 0 unspecified atom stereocenters. The van der Waals surface area contributed by atoms with E-state index < -0.39 is 5.97 Å². The fourth-order valence-electron chi connectivity index (χ4n) is 5.21. The molecule has 10 nitrogen and oxygen atoms in total. The topological polar surface area (TPSA) is 106 Å². The number of benzene rings is 1. The van der Waals surface area contributed by atoms with Crippen LogP contribution in [0.3, 0.4) is 0 Å². The summed E-state index contributed by atoms with van der Waals surface area (Å²) in [5, 5.41) is 11.1. The molecule has 220 valence electrons. The van der Waals surface area contributed by atoms with Crippen molar-refractivity contribution in [3.63, 3.8) is 0 Å². The number of nitrogens with zero attached hydrogens (tertiary/aromatic N) is 6. The first kappa shape index (κ1) is 29.6. The van der Waals surface area contributed by atoms with E-state index in [4.69, 9.17) is 9.52 Å². The SMILES string of the molecule is C[C@H](CC(=O)O)N(S)N1CCN(c2ccc(C#Cc3ccnc(-c4ncc(CC(=O)N5CCCCC5)o4)c3)cc2)CC1. The maximum atomic E-state index is 12.6. The number of carboxylic acid groups (broad SMARTS) is 1. The number of piperazine rings is 1. The lowest BCUT2D eigenvalue weighted by Gasteiger charge is -2.41. The van der Waals surface area contributed by atoms with Gasteiger partial charge in [0.25, 0.3) is 0 Å². The normalized spacial score (nSPS) is 16.6. The Kier molecular flexibility index (Phi) is 9.79. The molecule has 0 aliphatic carbocycles. The minimum absolute atomic E-state index is 0.0504. The maximum absolute atomic E-state index is 12.6. The van der Waals surface area contributed by atoms with E-state index in [1.807, 2.05) is 36.1 Å². The quantitative estimate of drug-likeness (QED) is 0.301. The number of hydrogen-bond donors (Lipinski definition) is 2. The van der Waals surface area contributed by atoms with E-state index in [1.54, 1.807) is 16.8 Å². The van der Waals surface area contributed by atoms with Crippen molar-refractivity contribution in [3.8, 4) is 23.4 Å². The van der Waals surface area contributed by atoms with Gasteiger partial charge in [0.05, 0.1) is 19.0 Å². The van der Waals surface area contributed by atoms with E-state index in [1.165, 1.54) is 6.42 Å². The van der Waals surface area contributed by atoms with Crippen LogP contribution in [-0.2, 0) is 16.0 Å². The number of pyridine rings is 1. The third-order valence-electron chi connectivity index (χ3n) is 7.56. The van der Waals surface area contributed by atoms with E-state index in [2.05, 4.69) is 56.7 Å². The molecule has 11 heteroatoms. The number of oxazole rings is 1. The number of carbonyl (C=O) groups excluding carboxylic acids is 1. The van der Waals surface area contributed by atoms with Gasteiger partial charge in [-0.15, -0.1) is 0 Å². The number of anilines is 1. The number of thiol groups is 1. The van der Waals surface area contributed by atoms with Crippen molar-refractivity contribution in [2.24, 2.45) is 0 Å². The van der Waals surface area contributed by atoms with Crippen molar-refractivity contribution in [2.75, 3.05) is 44.2 Å². The van der Waals surface area contributed by atoms with Gasteiger partial charge in [0, 0.05) is 68.3 Å². The van der Waals surface area contributed by atoms with E-state index in [9.17, 15) is 9.59 Å². The van der Waals surface area contributed by atoms with Gasteiger partial charge in [-0.05, 0) is 62.6 Å². The number of rotatable bonds is 8. The Hall–Kier alpha value is -3.85. The van der Waals surface area contributed by atoms with Gasteiger partial charge in [-0.25, -0.2) is 9.99 Å². The number of likely N-dealkylation sites (tertiary alicyclic amines) is 1. The second-order valence-corrected chi connectivity index (χ2v) is 11.1. The molecule has 2 aliphatic rings. The van der Waals surface area contributed by atoms with Gasteiger partial charge >= 0.3 is 5.97 Å². The third-order valence-corrected chi connectivity index (χ3v) is 8.21. The zero-order valence-electron chi connectivity index (χ0n) is 23.8. The van der Waals surface area contributed by atoms with Crippen LogP contribution < -0.4 is 4.90 Å². The monoisotopic (exact) mass is 588 g/mol. The summed E-state index contributed by atoms with van der Waals surface area (Å²) in [6.07, 6.45) is 6.83. The number of carbonyl (C=O) groups is 2. The van der Waals surface area contributed by atoms with Crippen molar-refractivity contribution in [1.29, 1.82) is 0 Å². The second-order valence-electron chi connectivity index (χ2n) is 10.7. The van der Waals surface area contributed by atoms with Crippen molar-refractivity contribution < 1.29 is 19.1 Å². The second kappa shape index (κ2) is 13.9. The minimum atomic E-state index is -0.825. The highest BCUT2D eigenvalue weighted by Gasteiger charge is 2.25. The molecular formula is C31H36N6O4S. The number of hydrazine groups is 1.